The van der Waals surface area contributed by atoms with E-state index in [-0.39, 0.29) is 0 Å². The van der Waals surface area contributed by atoms with Gasteiger partial charge in [0.25, 0.3) is 0 Å². The molecule has 0 unspecified atom stereocenters. The van der Waals surface area contributed by atoms with Crippen LogP contribution in [0.4, 0.5) is 0 Å². The van der Waals surface area contributed by atoms with E-state index in [4.69, 9.17) is 10.00 Å². The van der Waals surface area contributed by atoms with Crippen molar-refractivity contribution < 1.29 is 4.74 Å². The largest absolute Gasteiger partial charge is 0.377 e. The van der Waals surface area contributed by atoms with Crippen LogP contribution in [0.1, 0.15) is 33.1 Å². The van der Waals surface area contributed by atoms with Gasteiger partial charge < -0.3 is 4.74 Å². The van der Waals surface area contributed by atoms with Gasteiger partial charge in [0.2, 0.25) is 0 Å². The third kappa shape index (κ3) is 4.59. The summed E-state index contributed by atoms with van der Waals surface area (Å²) in [6, 6.07) is 2.93. The van der Waals surface area contributed by atoms with Gasteiger partial charge in [-0.3, -0.25) is 4.90 Å². The Kier molecular flexibility index (Phi) is 4.92. The Hall–Kier alpha value is -0.590. The summed E-state index contributed by atoms with van der Waals surface area (Å²) < 4.78 is 5.51. The third-order valence-electron chi connectivity index (χ3n) is 2.40. The highest BCUT2D eigenvalue weighted by atomic mass is 16.5. The Morgan fingerprint density at radius 2 is 2.14 bits per heavy atom. The van der Waals surface area contributed by atoms with Crippen LogP contribution in [-0.4, -0.2) is 36.7 Å². The molecule has 1 saturated carbocycles. The summed E-state index contributed by atoms with van der Waals surface area (Å²) in [4.78, 5) is 2.38. The highest BCUT2D eigenvalue weighted by molar-refractivity contribution is 4.86. The first-order valence-corrected chi connectivity index (χ1v) is 5.46. The SMILES string of the molecule is CC(C)OCCN(CCC#N)C1CC1. The number of ether oxygens (including phenoxy) is 1. The first-order valence-electron chi connectivity index (χ1n) is 5.46. The lowest BCUT2D eigenvalue weighted by atomic mass is 10.4. The number of rotatable bonds is 7. The van der Waals surface area contributed by atoms with E-state index in [2.05, 4.69) is 24.8 Å². The van der Waals surface area contributed by atoms with Gasteiger partial charge in [-0.2, -0.15) is 5.26 Å². The van der Waals surface area contributed by atoms with Crippen LogP contribution in [0.2, 0.25) is 0 Å². The molecule has 3 nitrogen and oxygen atoms in total. The van der Waals surface area contributed by atoms with E-state index in [0.717, 1.165) is 25.7 Å². The van der Waals surface area contributed by atoms with Crippen LogP contribution in [0, 0.1) is 11.3 Å². The Balaban J connectivity index is 2.12. The molecule has 1 fully saturated rings. The smallest absolute Gasteiger partial charge is 0.0635 e. The van der Waals surface area contributed by atoms with E-state index in [1.165, 1.54) is 12.8 Å². The monoisotopic (exact) mass is 196 g/mol. The average Bonchev–Trinajstić information content (AvgIpc) is 2.93. The molecule has 0 bridgehead atoms. The lowest BCUT2D eigenvalue weighted by molar-refractivity contribution is 0.0577. The maximum absolute atomic E-state index is 8.52. The van der Waals surface area contributed by atoms with Crippen LogP contribution in [0.3, 0.4) is 0 Å². The van der Waals surface area contributed by atoms with Crippen molar-refractivity contribution in [1.29, 1.82) is 5.26 Å². The van der Waals surface area contributed by atoms with Crippen LogP contribution in [0.25, 0.3) is 0 Å². The van der Waals surface area contributed by atoms with Gasteiger partial charge in [0.1, 0.15) is 0 Å². The fourth-order valence-electron chi connectivity index (χ4n) is 1.52. The molecule has 1 rings (SSSR count). The summed E-state index contributed by atoms with van der Waals surface area (Å²) in [5, 5.41) is 8.52. The van der Waals surface area contributed by atoms with Crippen molar-refractivity contribution in [2.75, 3.05) is 19.7 Å². The van der Waals surface area contributed by atoms with Crippen LogP contribution >= 0.6 is 0 Å². The highest BCUT2D eigenvalue weighted by Crippen LogP contribution is 2.26. The molecule has 0 spiro atoms. The van der Waals surface area contributed by atoms with E-state index in [0.29, 0.717) is 12.5 Å². The quantitative estimate of drug-likeness (QED) is 0.623. The molecule has 0 saturated heterocycles. The molecule has 80 valence electrons. The van der Waals surface area contributed by atoms with E-state index < -0.39 is 0 Å². The van der Waals surface area contributed by atoms with Gasteiger partial charge in [0.15, 0.2) is 0 Å². The van der Waals surface area contributed by atoms with Crippen molar-refractivity contribution in [3.8, 4) is 6.07 Å². The first-order chi connectivity index (χ1) is 6.74. The minimum Gasteiger partial charge on any atom is -0.377 e. The fourth-order valence-corrected chi connectivity index (χ4v) is 1.52. The molecule has 1 aliphatic rings. The van der Waals surface area contributed by atoms with Crippen molar-refractivity contribution in [1.82, 2.24) is 4.90 Å². The van der Waals surface area contributed by atoms with Crippen LogP contribution in [0.5, 0.6) is 0 Å². The van der Waals surface area contributed by atoms with E-state index in [1.54, 1.807) is 0 Å². The third-order valence-corrected chi connectivity index (χ3v) is 2.40. The summed E-state index contributed by atoms with van der Waals surface area (Å²) in [6.07, 6.45) is 3.55. The predicted octanol–water partition coefficient (Wildman–Crippen LogP) is 1.79. The van der Waals surface area contributed by atoms with Crippen molar-refractivity contribution in [2.24, 2.45) is 0 Å². The van der Waals surface area contributed by atoms with Crippen molar-refractivity contribution in [2.45, 2.75) is 45.3 Å². The topological polar surface area (TPSA) is 36.3 Å². The highest BCUT2D eigenvalue weighted by Gasteiger charge is 2.28. The molecule has 0 aromatic carbocycles. The van der Waals surface area contributed by atoms with Crippen LogP contribution < -0.4 is 0 Å². The fraction of sp³-hybridized carbons (Fsp3) is 0.909. The van der Waals surface area contributed by atoms with E-state index in [9.17, 15) is 0 Å². The molecule has 1 aliphatic carbocycles. The molecule has 14 heavy (non-hydrogen) atoms. The summed E-state index contributed by atoms with van der Waals surface area (Å²) >= 11 is 0. The van der Waals surface area contributed by atoms with Gasteiger partial charge in [-0.05, 0) is 26.7 Å². The minimum absolute atomic E-state index is 0.312. The minimum atomic E-state index is 0.312. The predicted molar refractivity (Wildman–Crippen MR) is 55.9 cm³/mol. The van der Waals surface area contributed by atoms with Gasteiger partial charge >= 0.3 is 0 Å². The molecule has 0 atom stereocenters. The van der Waals surface area contributed by atoms with Gasteiger partial charge in [0.05, 0.1) is 18.8 Å². The second-order valence-corrected chi connectivity index (χ2v) is 4.09. The Morgan fingerprint density at radius 1 is 1.43 bits per heavy atom. The molecule has 0 aromatic heterocycles. The zero-order valence-electron chi connectivity index (χ0n) is 9.20. The van der Waals surface area contributed by atoms with Crippen LogP contribution in [0.15, 0.2) is 0 Å². The lowest BCUT2D eigenvalue weighted by Crippen LogP contribution is -2.31. The maximum Gasteiger partial charge on any atom is 0.0635 e. The molecule has 0 heterocycles. The Morgan fingerprint density at radius 3 is 2.64 bits per heavy atom. The number of nitrogens with zero attached hydrogens (tertiary/aromatic N) is 2. The molecule has 0 aromatic rings. The summed E-state index contributed by atoms with van der Waals surface area (Å²) in [5.41, 5.74) is 0. The Bertz CT molecular complexity index is 194. The lowest BCUT2D eigenvalue weighted by Gasteiger charge is -2.21. The molecule has 0 radical (unpaired) electrons. The normalized spacial score (nSPS) is 16.2. The number of hydrogen-bond acceptors (Lipinski definition) is 3. The Labute approximate surface area is 86.6 Å². The van der Waals surface area contributed by atoms with Gasteiger partial charge in [-0.25, -0.2) is 0 Å². The van der Waals surface area contributed by atoms with Crippen molar-refractivity contribution >= 4 is 0 Å². The first kappa shape index (κ1) is 11.5. The molecule has 3 heteroatoms. The second-order valence-electron chi connectivity index (χ2n) is 4.09. The summed E-state index contributed by atoms with van der Waals surface area (Å²) in [6.45, 7) is 6.78. The second kappa shape index (κ2) is 6.00. The molecule has 0 amide bonds. The zero-order chi connectivity index (χ0) is 10.4. The maximum atomic E-state index is 8.52. The van der Waals surface area contributed by atoms with Crippen molar-refractivity contribution in [3.05, 3.63) is 0 Å². The zero-order valence-corrected chi connectivity index (χ0v) is 9.20. The number of hydrogen-bond donors (Lipinski definition) is 0. The standard InChI is InChI=1S/C11H20N2O/c1-10(2)14-9-8-13(7-3-6-12)11-4-5-11/h10-11H,3-5,7-9H2,1-2H3. The molecular formula is C11H20N2O. The number of nitriles is 1. The van der Waals surface area contributed by atoms with Gasteiger partial charge in [-0.1, -0.05) is 0 Å². The van der Waals surface area contributed by atoms with Gasteiger partial charge in [-0.15, -0.1) is 0 Å². The summed E-state index contributed by atoms with van der Waals surface area (Å²) in [7, 11) is 0. The molecular weight excluding hydrogens is 176 g/mol. The van der Waals surface area contributed by atoms with Gasteiger partial charge in [0, 0.05) is 25.6 Å². The van der Waals surface area contributed by atoms with Crippen LogP contribution in [-0.2, 0) is 4.74 Å². The molecule has 0 N–H and O–H groups in total. The van der Waals surface area contributed by atoms with E-state index >= 15 is 0 Å². The average molecular weight is 196 g/mol. The summed E-state index contributed by atoms with van der Waals surface area (Å²) in [5.74, 6) is 0. The van der Waals surface area contributed by atoms with E-state index in [1.807, 2.05) is 0 Å². The molecule has 0 aliphatic heterocycles. The van der Waals surface area contributed by atoms with Crippen molar-refractivity contribution in [3.63, 3.8) is 0 Å².